The van der Waals surface area contributed by atoms with Crippen LogP contribution < -0.4 is 11.1 Å². The third-order valence-corrected chi connectivity index (χ3v) is 2.97. The minimum atomic E-state index is -0.418. The fourth-order valence-corrected chi connectivity index (χ4v) is 1.76. The lowest BCUT2D eigenvalue weighted by molar-refractivity contribution is -0.123. The van der Waals surface area contributed by atoms with Crippen LogP contribution in [0.15, 0.2) is 6.07 Å². The molecule has 0 aromatic carbocycles. The molecular weight excluding hydrogens is 228 g/mol. The molecule has 0 spiro atoms. The first-order valence-electron chi connectivity index (χ1n) is 6.46. The fraction of sp³-hybridized carbons (Fsp3) is 0.692. The first-order chi connectivity index (χ1) is 8.41. The van der Waals surface area contributed by atoms with Gasteiger partial charge in [-0.2, -0.15) is 5.10 Å². The van der Waals surface area contributed by atoms with Crippen molar-refractivity contribution >= 4 is 5.91 Å². The van der Waals surface area contributed by atoms with Crippen LogP contribution in [0.4, 0.5) is 0 Å². The quantitative estimate of drug-likeness (QED) is 0.742. The van der Waals surface area contributed by atoms with Gasteiger partial charge in [-0.25, -0.2) is 0 Å². The maximum Gasteiger partial charge on any atom is 0.237 e. The van der Waals surface area contributed by atoms with Crippen molar-refractivity contribution in [2.75, 3.05) is 6.54 Å². The molecule has 1 unspecified atom stereocenters. The van der Waals surface area contributed by atoms with E-state index in [1.165, 1.54) is 0 Å². The van der Waals surface area contributed by atoms with Crippen molar-refractivity contribution in [1.29, 1.82) is 0 Å². The van der Waals surface area contributed by atoms with Crippen LogP contribution in [-0.2, 0) is 11.3 Å². The summed E-state index contributed by atoms with van der Waals surface area (Å²) >= 11 is 0. The normalized spacial score (nSPS) is 12.8. The highest BCUT2D eigenvalue weighted by Gasteiger charge is 2.16. The predicted octanol–water partition coefficient (Wildman–Crippen LogP) is 0.990. The molecule has 18 heavy (non-hydrogen) atoms. The monoisotopic (exact) mass is 252 g/mol. The largest absolute Gasteiger partial charge is 0.355 e. The highest BCUT2D eigenvalue weighted by molar-refractivity contribution is 5.81. The molecule has 0 aliphatic carbocycles. The maximum absolute atomic E-state index is 11.6. The topological polar surface area (TPSA) is 72.9 Å². The van der Waals surface area contributed by atoms with E-state index in [4.69, 9.17) is 5.73 Å². The number of carbonyl (C=O) groups excluding carboxylic acids is 1. The molecule has 5 nitrogen and oxygen atoms in total. The van der Waals surface area contributed by atoms with E-state index >= 15 is 0 Å². The number of aromatic nitrogens is 2. The Morgan fingerprint density at radius 3 is 2.67 bits per heavy atom. The van der Waals surface area contributed by atoms with Crippen molar-refractivity contribution in [3.8, 4) is 0 Å². The Morgan fingerprint density at radius 2 is 2.17 bits per heavy atom. The van der Waals surface area contributed by atoms with Gasteiger partial charge >= 0.3 is 0 Å². The number of aryl methyl sites for hydroxylation is 3. The zero-order chi connectivity index (χ0) is 13.7. The summed E-state index contributed by atoms with van der Waals surface area (Å²) in [6.07, 6.45) is 0.860. The maximum atomic E-state index is 11.6. The summed E-state index contributed by atoms with van der Waals surface area (Å²) in [5.41, 5.74) is 7.93. The number of nitrogens with one attached hydrogen (secondary N) is 1. The second kappa shape index (κ2) is 6.54. The molecule has 5 heteroatoms. The van der Waals surface area contributed by atoms with Crippen LogP contribution in [0.2, 0.25) is 0 Å². The lowest BCUT2D eigenvalue weighted by Gasteiger charge is -2.15. The molecule has 1 amide bonds. The van der Waals surface area contributed by atoms with Crippen molar-refractivity contribution in [3.63, 3.8) is 0 Å². The molecule has 0 radical (unpaired) electrons. The third kappa shape index (κ3) is 4.14. The summed E-state index contributed by atoms with van der Waals surface area (Å²) in [7, 11) is 0. The van der Waals surface area contributed by atoms with E-state index < -0.39 is 6.04 Å². The van der Waals surface area contributed by atoms with Gasteiger partial charge in [0.1, 0.15) is 0 Å². The molecule has 1 atom stereocenters. The predicted molar refractivity (Wildman–Crippen MR) is 72.1 cm³/mol. The number of hydrogen-bond donors (Lipinski definition) is 2. The van der Waals surface area contributed by atoms with E-state index in [2.05, 4.69) is 10.4 Å². The molecular formula is C13H24N4O. The summed E-state index contributed by atoms with van der Waals surface area (Å²) in [4.78, 5) is 11.6. The highest BCUT2D eigenvalue weighted by atomic mass is 16.2. The Hall–Kier alpha value is -1.36. The van der Waals surface area contributed by atoms with Crippen molar-refractivity contribution in [2.45, 2.75) is 46.7 Å². The summed E-state index contributed by atoms with van der Waals surface area (Å²) in [5, 5.41) is 7.22. The van der Waals surface area contributed by atoms with Gasteiger partial charge < -0.3 is 11.1 Å². The summed E-state index contributed by atoms with van der Waals surface area (Å²) in [6.45, 7) is 9.36. The van der Waals surface area contributed by atoms with Crippen LogP contribution in [0.1, 0.15) is 31.7 Å². The van der Waals surface area contributed by atoms with Gasteiger partial charge in [-0.05, 0) is 32.3 Å². The SMILES string of the molecule is Cc1cc(C)n(CCCNC(=O)C(N)C(C)C)n1. The van der Waals surface area contributed by atoms with E-state index in [1.807, 2.05) is 38.4 Å². The number of nitrogens with two attached hydrogens (primary N) is 1. The Labute approximate surface area is 109 Å². The van der Waals surface area contributed by atoms with Gasteiger partial charge in [-0.15, -0.1) is 0 Å². The number of nitrogens with zero attached hydrogens (tertiary/aromatic N) is 2. The lowest BCUT2D eigenvalue weighted by Crippen LogP contribution is -2.44. The second-order valence-electron chi connectivity index (χ2n) is 5.06. The van der Waals surface area contributed by atoms with Crippen molar-refractivity contribution < 1.29 is 4.79 Å². The van der Waals surface area contributed by atoms with Crippen LogP contribution in [0.25, 0.3) is 0 Å². The van der Waals surface area contributed by atoms with Crippen LogP contribution in [0.3, 0.4) is 0 Å². The highest BCUT2D eigenvalue weighted by Crippen LogP contribution is 2.02. The smallest absolute Gasteiger partial charge is 0.237 e. The number of amides is 1. The minimum Gasteiger partial charge on any atom is -0.355 e. The van der Waals surface area contributed by atoms with Crippen molar-refractivity contribution in [3.05, 3.63) is 17.5 Å². The first kappa shape index (κ1) is 14.7. The average Bonchev–Trinajstić information content (AvgIpc) is 2.62. The van der Waals surface area contributed by atoms with Gasteiger partial charge in [-0.3, -0.25) is 9.48 Å². The van der Waals surface area contributed by atoms with Crippen LogP contribution in [0, 0.1) is 19.8 Å². The van der Waals surface area contributed by atoms with E-state index in [-0.39, 0.29) is 11.8 Å². The Morgan fingerprint density at radius 1 is 1.50 bits per heavy atom. The molecule has 0 saturated carbocycles. The molecule has 0 aliphatic rings. The first-order valence-corrected chi connectivity index (χ1v) is 6.46. The van der Waals surface area contributed by atoms with Crippen molar-refractivity contribution in [1.82, 2.24) is 15.1 Å². The zero-order valence-electron chi connectivity index (χ0n) is 11.7. The van der Waals surface area contributed by atoms with Crippen LogP contribution >= 0.6 is 0 Å². The molecule has 0 saturated heterocycles. The van der Waals surface area contributed by atoms with Gasteiger partial charge in [0.15, 0.2) is 0 Å². The van der Waals surface area contributed by atoms with E-state index in [0.717, 1.165) is 24.4 Å². The van der Waals surface area contributed by atoms with Crippen LogP contribution in [-0.4, -0.2) is 28.3 Å². The Balaban J connectivity index is 2.27. The molecule has 1 heterocycles. The van der Waals surface area contributed by atoms with Gasteiger partial charge in [0, 0.05) is 18.8 Å². The average molecular weight is 252 g/mol. The van der Waals surface area contributed by atoms with E-state index in [1.54, 1.807) is 0 Å². The molecule has 0 fully saturated rings. The molecule has 0 bridgehead atoms. The fourth-order valence-electron chi connectivity index (χ4n) is 1.76. The van der Waals surface area contributed by atoms with E-state index in [9.17, 15) is 4.79 Å². The van der Waals surface area contributed by atoms with Crippen LogP contribution in [0.5, 0.6) is 0 Å². The van der Waals surface area contributed by atoms with E-state index in [0.29, 0.717) is 6.54 Å². The number of hydrogen-bond acceptors (Lipinski definition) is 3. The molecule has 1 aromatic rings. The van der Waals surface area contributed by atoms with Gasteiger partial charge in [-0.1, -0.05) is 13.8 Å². The number of rotatable bonds is 6. The zero-order valence-corrected chi connectivity index (χ0v) is 11.7. The van der Waals surface area contributed by atoms with Gasteiger partial charge in [0.05, 0.1) is 11.7 Å². The molecule has 3 N–H and O–H groups in total. The van der Waals surface area contributed by atoms with Gasteiger partial charge in [0.25, 0.3) is 0 Å². The lowest BCUT2D eigenvalue weighted by atomic mass is 10.1. The Bertz CT molecular complexity index is 398. The number of carbonyl (C=O) groups is 1. The van der Waals surface area contributed by atoms with Gasteiger partial charge in [0.2, 0.25) is 5.91 Å². The summed E-state index contributed by atoms with van der Waals surface area (Å²) < 4.78 is 1.96. The Kier molecular flexibility index (Phi) is 5.34. The van der Waals surface area contributed by atoms with Crippen molar-refractivity contribution in [2.24, 2.45) is 11.7 Å². The summed E-state index contributed by atoms with van der Waals surface area (Å²) in [5.74, 6) is 0.0966. The standard InChI is InChI=1S/C13H24N4O/c1-9(2)12(14)13(18)15-6-5-7-17-11(4)8-10(3)16-17/h8-9,12H,5-7,14H2,1-4H3,(H,15,18). The molecule has 1 rings (SSSR count). The molecule has 102 valence electrons. The molecule has 0 aliphatic heterocycles. The molecule has 1 aromatic heterocycles. The summed E-state index contributed by atoms with van der Waals surface area (Å²) in [6, 6.07) is 1.63. The third-order valence-electron chi connectivity index (χ3n) is 2.97. The minimum absolute atomic E-state index is 0.0710. The second-order valence-corrected chi connectivity index (χ2v) is 5.06.